The number of phenols is 1. The van der Waals surface area contributed by atoms with Crippen LogP contribution in [-0.4, -0.2) is 71.7 Å². The number of hydrogen-bond acceptors (Lipinski definition) is 10. The van der Waals surface area contributed by atoms with Crippen LogP contribution in [0.15, 0.2) is 36.4 Å². The number of carbonyl (C=O) groups is 2. The van der Waals surface area contributed by atoms with E-state index in [1.165, 1.54) is 32.2 Å². The number of alkyl halides is 3. The van der Waals surface area contributed by atoms with E-state index >= 15 is 0 Å². The lowest BCUT2D eigenvalue weighted by molar-refractivity contribution is -0.159. The summed E-state index contributed by atoms with van der Waals surface area (Å²) in [5.74, 6) is 0.257. The number of esters is 1. The van der Waals surface area contributed by atoms with Crippen molar-refractivity contribution in [1.29, 1.82) is 0 Å². The number of aromatic hydroxyl groups is 1. The molecule has 5 atom stereocenters. The van der Waals surface area contributed by atoms with Crippen molar-refractivity contribution >= 4 is 18.0 Å². The Hall–Kier alpha value is -4.79. The highest BCUT2D eigenvalue weighted by Gasteiger charge is 2.58. The molecule has 4 aliphatic rings. The number of likely N-dealkylation sites (N-methyl/N-ethyl adjacent to an activating group) is 1. The zero-order chi connectivity index (χ0) is 35.8. The molecule has 0 saturated carbocycles. The lowest BCUT2D eigenvalue weighted by atomic mass is 9.80. The Morgan fingerprint density at radius 2 is 1.84 bits per heavy atom. The molecule has 4 aliphatic heterocycles. The summed E-state index contributed by atoms with van der Waals surface area (Å²) < 4.78 is 62.9. The smallest absolute Gasteiger partial charge is 0.416 e. The number of halogens is 3. The van der Waals surface area contributed by atoms with Gasteiger partial charge in [-0.05, 0) is 62.2 Å². The first-order chi connectivity index (χ1) is 23.7. The summed E-state index contributed by atoms with van der Waals surface area (Å²) in [7, 11) is 3.36. The van der Waals surface area contributed by atoms with E-state index in [0.29, 0.717) is 50.8 Å². The fraction of sp³-hybridized carbons (Fsp3) is 0.389. The van der Waals surface area contributed by atoms with Crippen LogP contribution in [0.1, 0.15) is 69.6 Å². The standard InChI is InChI=1S/C36H36F3N3O8/c1-16-11-21-27(30(45)31(16)47-5)29-23-13-22-26(34-33(48-15-49-34)17(2)32(22)50-18(3)43)24(42(23)35(46)28(21)41(29)4)14-40-25(44)10-9-19-7-6-8-20(12-19)36(37,38)39/h6-12,23-24,28-29,35,45-46H,13-15H2,1-5H3,(H,40,44)/b10-9+/t23-,24-,28-,29?,35-/m0/s1. The first kappa shape index (κ1) is 33.7. The van der Waals surface area contributed by atoms with Crippen molar-refractivity contribution in [2.24, 2.45) is 0 Å². The van der Waals surface area contributed by atoms with Crippen molar-refractivity contribution < 1.29 is 51.9 Å². The van der Waals surface area contributed by atoms with E-state index in [0.717, 1.165) is 23.8 Å². The van der Waals surface area contributed by atoms with Crippen LogP contribution in [0.4, 0.5) is 13.2 Å². The molecule has 11 nitrogen and oxygen atoms in total. The van der Waals surface area contributed by atoms with Crippen LogP contribution in [0.3, 0.4) is 0 Å². The van der Waals surface area contributed by atoms with Gasteiger partial charge in [-0.25, -0.2) is 0 Å². The van der Waals surface area contributed by atoms with E-state index < -0.39 is 54.0 Å². The van der Waals surface area contributed by atoms with Crippen LogP contribution in [0.25, 0.3) is 6.08 Å². The number of carbonyl (C=O) groups excluding carboxylic acids is 2. The average Bonchev–Trinajstić information content (AvgIpc) is 3.63. The third kappa shape index (κ3) is 5.24. The summed E-state index contributed by atoms with van der Waals surface area (Å²) in [4.78, 5) is 29.6. The second-order valence-corrected chi connectivity index (χ2v) is 13.0. The van der Waals surface area contributed by atoms with E-state index in [9.17, 15) is 33.0 Å². The number of piperazine rings is 1. The van der Waals surface area contributed by atoms with Crippen molar-refractivity contribution in [3.05, 3.63) is 80.9 Å². The highest BCUT2D eigenvalue weighted by atomic mass is 19.4. The Kier molecular flexibility index (Phi) is 8.23. The maximum Gasteiger partial charge on any atom is 0.416 e. The number of benzene rings is 3. The van der Waals surface area contributed by atoms with Gasteiger partial charge in [0, 0.05) is 47.8 Å². The molecule has 50 heavy (non-hydrogen) atoms. The molecular formula is C36H36F3N3O8. The number of nitrogens with zero attached hydrogens (tertiary/aromatic N) is 2. The molecule has 3 N–H and O–H groups in total. The van der Waals surface area contributed by atoms with Crippen LogP contribution in [0.5, 0.6) is 28.7 Å². The second-order valence-electron chi connectivity index (χ2n) is 13.0. The van der Waals surface area contributed by atoms with Gasteiger partial charge in [0.1, 0.15) is 12.0 Å². The van der Waals surface area contributed by atoms with E-state index in [1.807, 2.05) is 29.8 Å². The average molecular weight is 696 g/mol. The quantitative estimate of drug-likeness (QED) is 0.187. The number of fused-ring (bicyclic) bond motifs is 10. The third-order valence-corrected chi connectivity index (χ3v) is 10.1. The molecule has 2 bridgehead atoms. The van der Waals surface area contributed by atoms with Crippen LogP contribution in [0, 0.1) is 13.8 Å². The Morgan fingerprint density at radius 3 is 2.54 bits per heavy atom. The Labute approximate surface area is 285 Å². The van der Waals surface area contributed by atoms with Gasteiger partial charge in [-0.15, -0.1) is 0 Å². The maximum absolute atomic E-state index is 13.3. The molecule has 0 radical (unpaired) electrons. The van der Waals surface area contributed by atoms with Gasteiger partial charge in [-0.2, -0.15) is 13.2 Å². The number of aryl methyl sites for hydroxylation is 1. The largest absolute Gasteiger partial charge is 0.504 e. The molecule has 0 aliphatic carbocycles. The van der Waals surface area contributed by atoms with Gasteiger partial charge >= 0.3 is 12.1 Å². The molecule has 1 unspecified atom stereocenters. The molecule has 264 valence electrons. The summed E-state index contributed by atoms with van der Waals surface area (Å²) in [5.41, 5.74) is 3.18. The Balaban J connectivity index is 1.32. The minimum Gasteiger partial charge on any atom is -0.504 e. The van der Waals surface area contributed by atoms with Crippen LogP contribution in [-0.2, 0) is 22.2 Å². The number of hydrogen-bond donors (Lipinski definition) is 3. The molecule has 0 spiro atoms. The predicted octanol–water partition coefficient (Wildman–Crippen LogP) is 4.85. The first-order valence-corrected chi connectivity index (χ1v) is 16.1. The number of methoxy groups -OCH3 is 1. The van der Waals surface area contributed by atoms with Gasteiger partial charge in [0.25, 0.3) is 0 Å². The number of phenolic OH excluding ortho intramolecular Hbond substituents is 1. The van der Waals surface area contributed by atoms with E-state index in [2.05, 4.69) is 5.32 Å². The van der Waals surface area contributed by atoms with E-state index in [-0.39, 0.29) is 31.1 Å². The molecule has 1 saturated heterocycles. The zero-order valence-electron chi connectivity index (χ0n) is 27.9. The monoisotopic (exact) mass is 695 g/mol. The molecule has 0 aromatic heterocycles. The van der Waals surface area contributed by atoms with Gasteiger partial charge in [-0.1, -0.05) is 18.2 Å². The molecular weight excluding hydrogens is 659 g/mol. The van der Waals surface area contributed by atoms with Gasteiger partial charge in [0.05, 0.1) is 30.8 Å². The number of amides is 1. The van der Waals surface area contributed by atoms with E-state index in [1.54, 1.807) is 6.92 Å². The number of ether oxygens (including phenoxy) is 4. The molecule has 3 aromatic carbocycles. The number of nitrogens with one attached hydrogen (secondary N) is 1. The van der Waals surface area contributed by atoms with Gasteiger partial charge in [0.2, 0.25) is 12.7 Å². The van der Waals surface area contributed by atoms with Crippen molar-refractivity contribution in [3.8, 4) is 28.7 Å². The van der Waals surface area contributed by atoms with Gasteiger partial charge in [-0.3, -0.25) is 19.4 Å². The highest BCUT2D eigenvalue weighted by Crippen LogP contribution is 2.61. The fourth-order valence-corrected chi connectivity index (χ4v) is 8.22. The summed E-state index contributed by atoms with van der Waals surface area (Å²) >= 11 is 0. The van der Waals surface area contributed by atoms with Crippen LogP contribution in [0.2, 0.25) is 0 Å². The summed E-state index contributed by atoms with van der Waals surface area (Å²) in [6.45, 7) is 4.71. The number of rotatable bonds is 6. The predicted molar refractivity (Wildman–Crippen MR) is 173 cm³/mol. The van der Waals surface area contributed by atoms with Crippen molar-refractivity contribution in [1.82, 2.24) is 15.1 Å². The highest BCUT2D eigenvalue weighted by molar-refractivity contribution is 5.91. The molecule has 1 amide bonds. The SMILES string of the molecule is COc1c(C)cc2c(c1O)C1[C@@H]3Cc4c(OC(C)=O)c(C)c5c(c4[C@H](CNC(=O)/C=C/c4cccc(C(F)(F)F)c4)N3[C@@H](O)[C@H]2N1C)OCO5. The summed E-state index contributed by atoms with van der Waals surface area (Å²) in [6, 6.07) is 4.26. The third-order valence-electron chi connectivity index (χ3n) is 10.1. The van der Waals surface area contributed by atoms with Gasteiger partial charge in [0.15, 0.2) is 23.0 Å². The topological polar surface area (TPSA) is 130 Å². The maximum atomic E-state index is 13.3. The lowest BCUT2D eigenvalue weighted by Crippen LogP contribution is -2.62. The summed E-state index contributed by atoms with van der Waals surface area (Å²) in [5, 5.41) is 26.6. The van der Waals surface area contributed by atoms with Crippen molar-refractivity contribution in [2.75, 3.05) is 27.5 Å². The molecule has 14 heteroatoms. The van der Waals surface area contributed by atoms with Crippen molar-refractivity contribution in [3.63, 3.8) is 0 Å². The molecule has 3 aromatic rings. The van der Waals surface area contributed by atoms with E-state index in [4.69, 9.17) is 18.9 Å². The number of aliphatic hydroxyl groups is 1. The molecule has 1 fully saturated rings. The molecule has 4 heterocycles. The normalized spacial score (nSPS) is 23.7. The number of aliphatic hydroxyl groups excluding tert-OH is 1. The lowest BCUT2D eigenvalue weighted by Gasteiger charge is -2.54. The van der Waals surface area contributed by atoms with Crippen LogP contribution >= 0.6 is 0 Å². The fourth-order valence-electron chi connectivity index (χ4n) is 8.22. The minimum absolute atomic E-state index is 0.0200. The Bertz CT molecular complexity index is 1950. The molecule has 7 rings (SSSR count). The van der Waals surface area contributed by atoms with Crippen LogP contribution < -0.4 is 24.3 Å². The van der Waals surface area contributed by atoms with Gasteiger partial charge < -0.3 is 34.5 Å². The Morgan fingerprint density at radius 1 is 1.10 bits per heavy atom. The summed E-state index contributed by atoms with van der Waals surface area (Å²) in [6.07, 6.45) is -2.97. The first-order valence-electron chi connectivity index (χ1n) is 16.1. The zero-order valence-corrected chi connectivity index (χ0v) is 27.9. The van der Waals surface area contributed by atoms with Crippen molar-refractivity contribution in [2.45, 2.75) is 63.8 Å². The minimum atomic E-state index is -4.53. The second kappa shape index (κ2) is 12.2.